The second kappa shape index (κ2) is 4.32. The van der Waals surface area contributed by atoms with E-state index in [1.807, 2.05) is 0 Å². The number of carbonyl (C=O) groups is 1. The van der Waals surface area contributed by atoms with Crippen LogP contribution >= 0.6 is 0 Å². The van der Waals surface area contributed by atoms with Gasteiger partial charge >= 0.3 is 0 Å². The Kier molecular flexibility index (Phi) is 2.80. The molecule has 0 radical (unpaired) electrons. The summed E-state index contributed by atoms with van der Waals surface area (Å²) in [6.45, 7) is 1.76. The average Bonchev–Trinajstić information content (AvgIpc) is 2.80. The molecule has 3 rings (SSSR count). The zero-order chi connectivity index (χ0) is 15.4. The molecule has 0 fully saturated rings. The summed E-state index contributed by atoms with van der Waals surface area (Å²) in [5.74, 6) is -0.538. The number of aryl methyl sites for hydroxylation is 2. The first-order chi connectivity index (χ1) is 9.80. The molecule has 21 heavy (non-hydrogen) atoms. The Balaban J connectivity index is 2.06. The number of carbonyl (C=O) groups excluding carboxylic acids is 1. The molecule has 1 aliphatic rings. The van der Waals surface area contributed by atoms with Crippen molar-refractivity contribution >= 4 is 21.6 Å². The maximum absolute atomic E-state index is 12.5. The number of rotatable bonds is 2. The van der Waals surface area contributed by atoms with Gasteiger partial charge in [-0.15, -0.1) is 0 Å². The Morgan fingerprint density at radius 2 is 2.00 bits per heavy atom. The molecule has 8 heteroatoms. The number of nitrogens with two attached hydrogens (primary N) is 1. The van der Waals surface area contributed by atoms with E-state index < -0.39 is 15.9 Å². The van der Waals surface area contributed by atoms with Gasteiger partial charge in [0.05, 0.1) is 23.5 Å². The fraction of sp³-hybridized carbons (Fsp3) is 0.231. The van der Waals surface area contributed by atoms with Crippen LogP contribution in [0.2, 0.25) is 0 Å². The van der Waals surface area contributed by atoms with Crippen LogP contribution in [0.25, 0.3) is 0 Å². The molecule has 0 saturated carbocycles. The minimum Gasteiger partial charge on any atom is -0.399 e. The molecule has 0 bridgehead atoms. The number of fused-ring (bicyclic) bond motifs is 1. The van der Waals surface area contributed by atoms with Crippen LogP contribution in [0.3, 0.4) is 0 Å². The Hall–Kier alpha value is -2.35. The quantitative estimate of drug-likeness (QED) is 0.822. The standard InChI is InChI=1S/C13H14N4O3S/c1-8-5-10(16(2)15-8)7-17-13(18)11-4-3-9(14)6-12(11)21(17,19)20/h3-6H,7,14H2,1-2H3. The lowest BCUT2D eigenvalue weighted by molar-refractivity contribution is 0.0863. The highest BCUT2D eigenvalue weighted by molar-refractivity contribution is 7.90. The van der Waals surface area contributed by atoms with Gasteiger partial charge in [-0.2, -0.15) is 5.10 Å². The molecule has 0 aliphatic carbocycles. The first kappa shape index (κ1) is 13.6. The second-order valence-corrected chi connectivity index (χ2v) is 6.80. The molecule has 110 valence electrons. The summed E-state index contributed by atoms with van der Waals surface area (Å²) in [7, 11) is -2.15. The number of nitrogens with zero attached hydrogens (tertiary/aromatic N) is 3. The number of aromatic nitrogens is 2. The third-order valence-corrected chi connectivity index (χ3v) is 5.20. The van der Waals surface area contributed by atoms with Crippen molar-refractivity contribution in [3.05, 3.63) is 41.2 Å². The lowest BCUT2D eigenvalue weighted by Crippen LogP contribution is -2.30. The summed E-state index contributed by atoms with van der Waals surface area (Å²) in [6.07, 6.45) is 0. The van der Waals surface area contributed by atoms with E-state index in [1.165, 1.54) is 18.2 Å². The van der Waals surface area contributed by atoms with Gasteiger partial charge in [0, 0.05) is 12.7 Å². The summed E-state index contributed by atoms with van der Waals surface area (Å²) in [5.41, 5.74) is 7.48. The molecule has 1 aromatic carbocycles. The average molecular weight is 306 g/mol. The SMILES string of the molecule is Cc1cc(CN2C(=O)c3ccc(N)cc3S2(=O)=O)n(C)n1. The lowest BCUT2D eigenvalue weighted by atomic mass is 10.2. The summed E-state index contributed by atoms with van der Waals surface area (Å²) in [4.78, 5) is 12.3. The Labute approximate surface area is 122 Å². The molecule has 7 nitrogen and oxygen atoms in total. The predicted octanol–water partition coefficient (Wildman–Crippen LogP) is 0.655. The Morgan fingerprint density at radius 3 is 2.62 bits per heavy atom. The van der Waals surface area contributed by atoms with Gasteiger partial charge < -0.3 is 5.73 Å². The number of amides is 1. The molecule has 1 aliphatic heterocycles. The summed E-state index contributed by atoms with van der Waals surface area (Å²) in [6, 6.07) is 6.03. The van der Waals surface area contributed by atoms with Gasteiger partial charge in [0.15, 0.2) is 0 Å². The van der Waals surface area contributed by atoms with Crippen molar-refractivity contribution in [2.45, 2.75) is 18.4 Å². The molecular formula is C13H14N4O3S. The summed E-state index contributed by atoms with van der Waals surface area (Å²) in [5, 5.41) is 4.15. The van der Waals surface area contributed by atoms with Crippen molar-refractivity contribution in [1.29, 1.82) is 0 Å². The number of benzene rings is 1. The zero-order valence-corrected chi connectivity index (χ0v) is 12.4. The van der Waals surface area contributed by atoms with Crippen LogP contribution in [-0.2, 0) is 23.6 Å². The van der Waals surface area contributed by atoms with Gasteiger partial charge in [-0.25, -0.2) is 12.7 Å². The van der Waals surface area contributed by atoms with Crippen molar-refractivity contribution in [1.82, 2.24) is 14.1 Å². The minimum atomic E-state index is -3.86. The summed E-state index contributed by atoms with van der Waals surface area (Å²) >= 11 is 0. The van der Waals surface area contributed by atoms with Gasteiger partial charge in [0.25, 0.3) is 15.9 Å². The third-order valence-electron chi connectivity index (χ3n) is 3.44. The van der Waals surface area contributed by atoms with Gasteiger partial charge in [-0.1, -0.05) is 0 Å². The molecular weight excluding hydrogens is 292 g/mol. The van der Waals surface area contributed by atoms with Crippen LogP contribution in [0.4, 0.5) is 5.69 Å². The molecule has 2 aromatic rings. The van der Waals surface area contributed by atoms with Crippen LogP contribution in [-0.4, -0.2) is 28.4 Å². The molecule has 0 spiro atoms. The number of hydrogen-bond donors (Lipinski definition) is 1. The maximum Gasteiger partial charge on any atom is 0.269 e. The first-order valence-corrected chi connectivity index (χ1v) is 7.71. The van der Waals surface area contributed by atoms with Crippen LogP contribution in [0.5, 0.6) is 0 Å². The van der Waals surface area contributed by atoms with Crippen molar-refractivity contribution in [3.8, 4) is 0 Å². The van der Waals surface area contributed by atoms with E-state index in [9.17, 15) is 13.2 Å². The molecule has 0 atom stereocenters. The highest BCUT2D eigenvalue weighted by atomic mass is 32.2. The Bertz CT molecular complexity index is 854. The van der Waals surface area contributed by atoms with Crippen molar-refractivity contribution in [2.75, 3.05) is 5.73 Å². The monoisotopic (exact) mass is 306 g/mol. The van der Waals surface area contributed by atoms with Crippen molar-refractivity contribution in [3.63, 3.8) is 0 Å². The van der Waals surface area contributed by atoms with E-state index in [4.69, 9.17) is 5.73 Å². The van der Waals surface area contributed by atoms with E-state index in [0.717, 1.165) is 10.00 Å². The smallest absolute Gasteiger partial charge is 0.269 e. The van der Waals surface area contributed by atoms with Gasteiger partial charge in [-0.3, -0.25) is 9.48 Å². The van der Waals surface area contributed by atoms with Crippen LogP contribution < -0.4 is 5.73 Å². The normalized spacial score (nSPS) is 16.3. The number of hydrogen-bond acceptors (Lipinski definition) is 5. The van der Waals surface area contributed by atoms with E-state index in [-0.39, 0.29) is 17.0 Å². The van der Waals surface area contributed by atoms with Crippen LogP contribution in [0.1, 0.15) is 21.7 Å². The van der Waals surface area contributed by atoms with Gasteiger partial charge in [0.1, 0.15) is 4.90 Å². The lowest BCUT2D eigenvalue weighted by Gasteiger charge is -2.14. The molecule has 1 aromatic heterocycles. The first-order valence-electron chi connectivity index (χ1n) is 6.27. The minimum absolute atomic E-state index is 0.0357. The molecule has 0 unspecified atom stereocenters. The van der Waals surface area contributed by atoms with Crippen molar-refractivity contribution in [2.24, 2.45) is 7.05 Å². The van der Waals surface area contributed by atoms with Crippen LogP contribution in [0, 0.1) is 6.92 Å². The fourth-order valence-electron chi connectivity index (χ4n) is 2.41. The van der Waals surface area contributed by atoms with Gasteiger partial charge in [-0.05, 0) is 31.2 Å². The van der Waals surface area contributed by atoms with Crippen molar-refractivity contribution < 1.29 is 13.2 Å². The number of nitrogen functional groups attached to an aromatic ring is 1. The highest BCUT2D eigenvalue weighted by Gasteiger charge is 2.41. The Morgan fingerprint density at radius 1 is 1.29 bits per heavy atom. The highest BCUT2D eigenvalue weighted by Crippen LogP contribution is 2.32. The van der Waals surface area contributed by atoms with Gasteiger partial charge in [0.2, 0.25) is 0 Å². The van der Waals surface area contributed by atoms with Crippen LogP contribution in [0.15, 0.2) is 29.2 Å². The molecule has 0 saturated heterocycles. The largest absolute Gasteiger partial charge is 0.399 e. The number of anilines is 1. The fourth-order valence-corrected chi connectivity index (χ4v) is 3.98. The summed E-state index contributed by atoms with van der Waals surface area (Å²) < 4.78 is 27.4. The predicted molar refractivity (Wildman–Crippen MR) is 75.9 cm³/mol. The van der Waals surface area contributed by atoms with E-state index >= 15 is 0 Å². The molecule has 2 heterocycles. The maximum atomic E-state index is 12.5. The third kappa shape index (κ3) is 1.99. The zero-order valence-electron chi connectivity index (χ0n) is 11.6. The molecule has 1 amide bonds. The van der Waals surface area contributed by atoms with E-state index in [2.05, 4.69) is 5.10 Å². The second-order valence-electron chi connectivity index (χ2n) is 4.97. The van der Waals surface area contributed by atoms with E-state index in [0.29, 0.717) is 11.4 Å². The topological polar surface area (TPSA) is 98.3 Å². The number of sulfonamides is 1. The van der Waals surface area contributed by atoms with E-state index in [1.54, 1.807) is 24.7 Å². The molecule has 2 N–H and O–H groups in total.